The van der Waals surface area contributed by atoms with Crippen molar-refractivity contribution in [3.05, 3.63) is 0 Å². The third kappa shape index (κ3) is 3.11. The summed E-state index contributed by atoms with van der Waals surface area (Å²) in [6.07, 6.45) is 4.88. The van der Waals surface area contributed by atoms with Gasteiger partial charge in [-0.15, -0.1) is 0 Å². The Bertz CT molecular complexity index is 179. The Morgan fingerprint density at radius 1 is 1.38 bits per heavy atom. The van der Waals surface area contributed by atoms with E-state index in [1.165, 1.54) is 0 Å². The monoisotopic (exact) mass is 184 g/mol. The van der Waals surface area contributed by atoms with Gasteiger partial charge in [-0.05, 0) is 32.1 Å². The number of carbonyl (C=O) groups excluding carboxylic acids is 1. The molecule has 0 aromatic heterocycles. The van der Waals surface area contributed by atoms with Crippen molar-refractivity contribution in [3.8, 4) is 0 Å². The van der Waals surface area contributed by atoms with Crippen molar-refractivity contribution < 1.29 is 9.90 Å². The molecular weight excluding hydrogens is 164 g/mol. The van der Waals surface area contributed by atoms with Crippen LogP contribution in [0.3, 0.4) is 0 Å². The van der Waals surface area contributed by atoms with Crippen LogP contribution >= 0.6 is 0 Å². The molecular formula is C11H20O2. The molecule has 0 amide bonds. The van der Waals surface area contributed by atoms with Gasteiger partial charge in [0.15, 0.2) is 0 Å². The van der Waals surface area contributed by atoms with Crippen molar-refractivity contribution >= 4 is 5.78 Å². The first-order valence-electron chi connectivity index (χ1n) is 5.36. The van der Waals surface area contributed by atoms with E-state index >= 15 is 0 Å². The van der Waals surface area contributed by atoms with Crippen LogP contribution in [0.1, 0.15) is 52.4 Å². The molecule has 2 nitrogen and oxygen atoms in total. The van der Waals surface area contributed by atoms with Crippen LogP contribution in [0.25, 0.3) is 0 Å². The Morgan fingerprint density at radius 2 is 1.92 bits per heavy atom. The summed E-state index contributed by atoms with van der Waals surface area (Å²) in [5.74, 6) is 0.707. The fraction of sp³-hybridized carbons (Fsp3) is 0.909. The maximum Gasteiger partial charge on any atom is 0.136 e. The van der Waals surface area contributed by atoms with E-state index in [0.717, 1.165) is 25.7 Å². The number of aliphatic hydroxyl groups is 1. The number of hydrogen-bond acceptors (Lipinski definition) is 2. The van der Waals surface area contributed by atoms with E-state index in [9.17, 15) is 9.90 Å². The average molecular weight is 184 g/mol. The van der Waals surface area contributed by atoms with Gasteiger partial charge in [0.05, 0.1) is 5.60 Å². The predicted molar refractivity (Wildman–Crippen MR) is 52.5 cm³/mol. The number of Topliss-reactive ketones (excluding diaryl/α,β-unsaturated/α-hetero) is 1. The maximum atomic E-state index is 11.4. The molecule has 0 aliphatic heterocycles. The molecule has 0 spiro atoms. The van der Waals surface area contributed by atoms with Crippen LogP contribution < -0.4 is 0 Å². The van der Waals surface area contributed by atoms with Gasteiger partial charge >= 0.3 is 0 Å². The van der Waals surface area contributed by atoms with Gasteiger partial charge in [-0.2, -0.15) is 0 Å². The highest BCUT2D eigenvalue weighted by molar-refractivity contribution is 5.83. The summed E-state index contributed by atoms with van der Waals surface area (Å²) < 4.78 is 0. The van der Waals surface area contributed by atoms with Crippen molar-refractivity contribution in [1.29, 1.82) is 0 Å². The van der Waals surface area contributed by atoms with E-state index in [-0.39, 0.29) is 0 Å². The minimum atomic E-state index is -0.593. The number of carbonyl (C=O) groups is 1. The predicted octanol–water partition coefficient (Wildman–Crippen LogP) is 2.30. The zero-order valence-corrected chi connectivity index (χ0v) is 8.68. The molecule has 0 unspecified atom stereocenters. The van der Waals surface area contributed by atoms with Crippen LogP contribution in [0.5, 0.6) is 0 Å². The number of ketones is 1. The topological polar surface area (TPSA) is 37.3 Å². The molecule has 1 fully saturated rings. The molecule has 0 bridgehead atoms. The van der Waals surface area contributed by atoms with Crippen molar-refractivity contribution in [2.24, 2.45) is 5.92 Å². The first kappa shape index (κ1) is 10.7. The van der Waals surface area contributed by atoms with Crippen LogP contribution in [0.2, 0.25) is 0 Å². The Hall–Kier alpha value is -0.370. The second-order valence-electron chi connectivity index (χ2n) is 4.17. The van der Waals surface area contributed by atoms with Gasteiger partial charge < -0.3 is 5.11 Å². The fourth-order valence-electron chi connectivity index (χ4n) is 1.57. The van der Waals surface area contributed by atoms with E-state index in [1.54, 1.807) is 0 Å². The van der Waals surface area contributed by atoms with E-state index in [2.05, 4.69) is 0 Å². The summed E-state index contributed by atoms with van der Waals surface area (Å²) in [7, 11) is 0. The van der Waals surface area contributed by atoms with Gasteiger partial charge in [-0.1, -0.05) is 13.8 Å². The first-order valence-corrected chi connectivity index (χ1v) is 5.36. The summed E-state index contributed by atoms with van der Waals surface area (Å²) in [4.78, 5) is 11.4. The number of rotatable bonds is 6. The molecule has 0 radical (unpaired) electrons. The molecule has 76 valence electrons. The third-order valence-corrected chi connectivity index (χ3v) is 3.19. The minimum absolute atomic E-state index is 0.345. The normalized spacial score (nSPS) is 17.5. The summed E-state index contributed by atoms with van der Waals surface area (Å²) in [6, 6.07) is 0. The minimum Gasteiger partial charge on any atom is -0.390 e. The molecule has 13 heavy (non-hydrogen) atoms. The fourth-order valence-corrected chi connectivity index (χ4v) is 1.57. The van der Waals surface area contributed by atoms with Crippen LogP contribution in [0.15, 0.2) is 0 Å². The Labute approximate surface area is 80.3 Å². The molecule has 0 aromatic rings. The molecule has 1 aliphatic carbocycles. The molecule has 0 saturated heterocycles. The summed E-state index contributed by atoms with van der Waals surface area (Å²) in [5, 5.41) is 9.93. The third-order valence-electron chi connectivity index (χ3n) is 3.19. The highest BCUT2D eigenvalue weighted by Gasteiger charge is 2.31. The molecule has 1 N–H and O–H groups in total. The molecule has 1 rings (SSSR count). The SMILES string of the molecule is CCC(O)(CC)CCC(=O)C1CC1. The Kier molecular flexibility index (Phi) is 3.48. The number of hydrogen-bond donors (Lipinski definition) is 1. The second-order valence-corrected chi connectivity index (χ2v) is 4.17. The molecule has 0 heterocycles. The quantitative estimate of drug-likeness (QED) is 0.687. The van der Waals surface area contributed by atoms with E-state index < -0.39 is 5.60 Å². The molecule has 1 aliphatic rings. The maximum absolute atomic E-state index is 11.4. The summed E-state index contributed by atoms with van der Waals surface area (Å²) in [5.41, 5.74) is -0.593. The highest BCUT2D eigenvalue weighted by atomic mass is 16.3. The van der Waals surface area contributed by atoms with Gasteiger partial charge in [0, 0.05) is 12.3 Å². The van der Waals surface area contributed by atoms with Crippen LogP contribution in [-0.2, 0) is 4.79 Å². The van der Waals surface area contributed by atoms with Crippen molar-refractivity contribution in [2.45, 2.75) is 58.0 Å². The second kappa shape index (κ2) is 4.23. The van der Waals surface area contributed by atoms with E-state index in [4.69, 9.17) is 0 Å². The zero-order chi connectivity index (χ0) is 9.90. The Morgan fingerprint density at radius 3 is 2.31 bits per heavy atom. The Balaban J connectivity index is 2.26. The molecule has 2 heteroatoms. The van der Waals surface area contributed by atoms with Crippen molar-refractivity contribution in [3.63, 3.8) is 0 Å². The standard InChI is InChI=1S/C11H20O2/c1-3-11(13,4-2)8-7-10(12)9-5-6-9/h9,13H,3-8H2,1-2H3. The highest BCUT2D eigenvalue weighted by Crippen LogP contribution is 2.32. The van der Waals surface area contributed by atoms with Gasteiger partial charge in [-0.3, -0.25) is 4.79 Å². The van der Waals surface area contributed by atoms with Crippen LogP contribution in [0, 0.1) is 5.92 Å². The lowest BCUT2D eigenvalue weighted by atomic mass is 9.90. The van der Waals surface area contributed by atoms with Gasteiger partial charge in [0.2, 0.25) is 0 Å². The smallest absolute Gasteiger partial charge is 0.136 e. The van der Waals surface area contributed by atoms with E-state index in [0.29, 0.717) is 24.5 Å². The molecule has 0 atom stereocenters. The van der Waals surface area contributed by atoms with Gasteiger partial charge in [0.25, 0.3) is 0 Å². The zero-order valence-electron chi connectivity index (χ0n) is 8.68. The van der Waals surface area contributed by atoms with Gasteiger partial charge in [-0.25, -0.2) is 0 Å². The van der Waals surface area contributed by atoms with Crippen LogP contribution in [0.4, 0.5) is 0 Å². The molecule has 1 saturated carbocycles. The summed E-state index contributed by atoms with van der Waals surface area (Å²) >= 11 is 0. The average Bonchev–Trinajstić information content (AvgIpc) is 2.97. The first-order chi connectivity index (χ1) is 6.11. The van der Waals surface area contributed by atoms with Crippen LogP contribution in [-0.4, -0.2) is 16.5 Å². The van der Waals surface area contributed by atoms with Crippen molar-refractivity contribution in [1.82, 2.24) is 0 Å². The molecule has 0 aromatic carbocycles. The lowest BCUT2D eigenvalue weighted by Gasteiger charge is -2.24. The van der Waals surface area contributed by atoms with E-state index in [1.807, 2.05) is 13.8 Å². The lowest BCUT2D eigenvalue weighted by molar-refractivity contribution is -0.121. The van der Waals surface area contributed by atoms with Crippen molar-refractivity contribution in [2.75, 3.05) is 0 Å². The van der Waals surface area contributed by atoms with Gasteiger partial charge in [0.1, 0.15) is 5.78 Å². The lowest BCUT2D eigenvalue weighted by Crippen LogP contribution is -2.27. The largest absolute Gasteiger partial charge is 0.390 e. The summed E-state index contributed by atoms with van der Waals surface area (Å²) in [6.45, 7) is 3.95.